The molecule has 3 rings (SSSR count). The third-order valence-corrected chi connectivity index (χ3v) is 4.55. The molecule has 0 bridgehead atoms. The van der Waals surface area contributed by atoms with Crippen molar-refractivity contribution in [2.75, 3.05) is 13.1 Å². The Balaban J connectivity index is 0.00000147. The summed E-state index contributed by atoms with van der Waals surface area (Å²) in [6, 6.07) is 7.84. The molecule has 1 aliphatic carbocycles. The Morgan fingerprint density at radius 2 is 1.95 bits per heavy atom. The van der Waals surface area contributed by atoms with Crippen molar-refractivity contribution in [2.45, 2.75) is 37.1 Å². The number of nitrogens with zero attached hydrogens (tertiary/aromatic N) is 1. The van der Waals surface area contributed by atoms with Crippen LogP contribution in [0.5, 0.6) is 0 Å². The van der Waals surface area contributed by atoms with E-state index in [1.54, 1.807) is 0 Å². The smallest absolute Gasteiger partial charge is 0.233 e. The number of hydrogen-bond acceptors (Lipinski definition) is 2. The van der Waals surface area contributed by atoms with Crippen LogP contribution in [0.4, 0.5) is 0 Å². The second-order valence-corrected chi connectivity index (χ2v) is 6.18. The molecule has 5 heteroatoms. The van der Waals surface area contributed by atoms with Crippen LogP contribution in [-0.4, -0.2) is 29.9 Å². The number of carbonyl (C=O) groups excluding carboxylic acids is 1. The summed E-state index contributed by atoms with van der Waals surface area (Å²) in [4.78, 5) is 14.7. The maximum Gasteiger partial charge on any atom is 0.233 e. The van der Waals surface area contributed by atoms with E-state index < -0.39 is 0 Å². The van der Waals surface area contributed by atoms with Gasteiger partial charge >= 0.3 is 0 Å². The summed E-state index contributed by atoms with van der Waals surface area (Å²) >= 11 is 5.92. The summed E-state index contributed by atoms with van der Waals surface area (Å²) in [7, 11) is 0. The molecular formula is C15H20Cl2N2O. The number of halogens is 2. The molecule has 3 nitrogen and oxygen atoms in total. The first-order valence-corrected chi connectivity index (χ1v) is 7.31. The minimum atomic E-state index is -0.290. The molecule has 20 heavy (non-hydrogen) atoms. The zero-order chi connectivity index (χ0) is 13.5. The fraction of sp³-hybridized carbons (Fsp3) is 0.533. The molecule has 2 fully saturated rings. The highest BCUT2D eigenvalue weighted by Gasteiger charge is 2.53. The fourth-order valence-corrected chi connectivity index (χ4v) is 3.14. The van der Waals surface area contributed by atoms with Crippen molar-refractivity contribution >= 4 is 29.9 Å². The van der Waals surface area contributed by atoms with Gasteiger partial charge in [-0.25, -0.2) is 0 Å². The number of amides is 1. The van der Waals surface area contributed by atoms with E-state index in [4.69, 9.17) is 17.3 Å². The van der Waals surface area contributed by atoms with Gasteiger partial charge in [-0.15, -0.1) is 12.4 Å². The Hall–Kier alpha value is -0.770. The summed E-state index contributed by atoms with van der Waals surface area (Å²) in [6.45, 7) is 1.55. The number of rotatable bonds is 2. The highest BCUT2D eigenvalue weighted by molar-refractivity contribution is 6.30. The van der Waals surface area contributed by atoms with Crippen molar-refractivity contribution in [1.29, 1.82) is 0 Å². The number of benzene rings is 1. The van der Waals surface area contributed by atoms with Crippen molar-refractivity contribution in [3.63, 3.8) is 0 Å². The lowest BCUT2D eigenvalue weighted by Crippen LogP contribution is -2.49. The van der Waals surface area contributed by atoms with Crippen LogP contribution in [0.25, 0.3) is 0 Å². The average Bonchev–Trinajstić information content (AvgIpc) is 3.20. The van der Waals surface area contributed by atoms with Gasteiger partial charge < -0.3 is 10.6 Å². The quantitative estimate of drug-likeness (QED) is 0.912. The first-order valence-electron chi connectivity index (χ1n) is 6.93. The molecule has 1 saturated heterocycles. The minimum Gasteiger partial charge on any atom is -0.340 e. The van der Waals surface area contributed by atoms with Crippen LogP contribution < -0.4 is 5.73 Å². The molecule has 1 aliphatic heterocycles. The van der Waals surface area contributed by atoms with Crippen LogP contribution in [0.3, 0.4) is 0 Å². The predicted molar refractivity (Wildman–Crippen MR) is 83.4 cm³/mol. The van der Waals surface area contributed by atoms with Crippen molar-refractivity contribution in [1.82, 2.24) is 4.90 Å². The standard InChI is InChI=1S/C15H19ClN2O.ClH/c16-12-5-3-11(4-6-12)15(7-8-15)14(19)18-9-1-2-13(17)10-18;/h3-6,13H,1-2,7-10,17H2;1H. The largest absolute Gasteiger partial charge is 0.340 e. The zero-order valence-corrected chi connectivity index (χ0v) is 12.9. The lowest BCUT2D eigenvalue weighted by atomic mass is 9.93. The summed E-state index contributed by atoms with van der Waals surface area (Å²) in [6.07, 6.45) is 3.93. The number of nitrogens with two attached hydrogens (primary N) is 1. The molecule has 0 radical (unpaired) electrons. The van der Waals surface area contributed by atoms with Gasteiger partial charge in [-0.3, -0.25) is 4.79 Å². The van der Waals surface area contributed by atoms with Gasteiger partial charge in [0.2, 0.25) is 5.91 Å². The van der Waals surface area contributed by atoms with Crippen LogP contribution in [0.2, 0.25) is 5.02 Å². The van der Waals surface area contributed by atoms with Crippen LogP contribution in [0, 0.1) is 0 Å². The van der Waals surface area contributed by atoms with Crippen LogP contribution in [-0.2, 0) is 10.2 Å². The third kappa shape index (κ3) is 2.80. The molecule has 2 aliphatic rings. The number of carbonyl (C=O) groups is 1. The Morgan fingerprint density at radius 1 is 1.30 bits per heavy atom. The van der Waals surface area contributed by atoms with Crippen molar-refractivity contribution < 1.29 is 4.79 Å². The predicted octanol–water partition coefficient (Wildman–Crippen LogP) is 2.74. The molecule has 1 saturated carbocycles. The molecule has 1 unspecified atom stereocenters. The molecule has 1 aromatic rings. The first kappa shape index (κ1) is 15.6. The van der Waals surface area contributed by atoms with Crippen LogP contribution in [0.1, 0.15) is 31.2 Å². The average molecular weight is 315 g/mol. The van der Waals surface area contributed by atoms with E-state index in [1.165, 1.54) is 0 Å². The van der Waals surface area contributed by atoms with Gasteiger partial charge in [0, 0.05) is 24.2 Å². The topological polar surface area (TPSA) is 46.3 Å². The van der Waals surface area contributed by atoms with E-state index in [9.17, 15) is 4.79 Å². The second kappa shape index (κ2) is 5.92. The van der Waals surface area contributed by atoms with Crippen molar-refractivity contribution in [3.05, 3.63) is 34.9 Å². The minimum absolute atomic E-state index is 0. The monoisotopic (exact) mass is 314 g/mol. The molecule has 1 amide bonds. The van der Waals surface area contributed by atoms with Crippen LogP contribution in [0.15, 0.2) is 24.3 Å². The van der Waals surface area contributed by atoms with E-state index in [0.29, 0.717) is 11.6 Å². The first-order chi connectivity index (χ1) is 9.12. The summed E-state index contributed by atoms with van der Waals surface area (Å²) in [5.74, 6) is 0.255. The molecule has 110 valence electrons. The van der Waals surface area contributed by atoms with Gasteiger partial charge in [0.25, 0.3) is 0 Å². The molecule has 1 aromatic carbocycles. The van der Waals surface area contributed by atoms with Gasteiger partial charge in [0.05, 0.1) is 5.41 Å². The van der Waals surface area contributed by atoms with Gasteiger partial charge in [0.1, 0.15) is 0 Å². The van der Waals surface area contributed by atoms with Gasteiger partial charge in [-0.05, 0) is 43.4 Å². The van der Waals surface area contributed by atoms with Gasteiger partial charge in [-0.2, -0.15) is 0 Å². The van der Waals surface area contributed by atoms with E-state index in [2.05, 4.69) is 0 Å². The Labute approximate surface area is 130 Å². The Kier molecular flexibility index (Phi) is 4.62. The summed E-state index contributed by atoms with van der Waals surface area (Å²) < 4.78 is 0. The lowest BCUT2D eigenvalue weighted by molar-refractivity contribution is -0.135. The SMILES string of the molecule is Cl.NC1CCCN(C(=O)C2(c3ccc(Cl)cc3)CC2)C1. The molecular weight excluding hydrogens is 295 g/mol. The molecule has 2 N–H and O–H groups in total. The highest BCUT2D eigenvalue weighted by atomic mass is 35.5. The van der Waals surface area contributed by atoms with E-state index in [-0.39, 0.29) is 29.8 Å². The summed E-state index contributed by atoms with van der Waals surface area (Å²) in [5, 5.41) is 0.715. The summed E-state index contributed by atoms with van der Waals surface area (Å²) in [5.41, 5.74) is 6.78. The van der Waals surface area contributed by atoms with Crippen LogP contribution >= 0.6 is 24.0 Å². The third-order valence-electron chi connectivity index (χ3n) is 4.30. The van der Waals surface area contributed by atoms with Gasteiger partial charge in [0.15, 0.2) is 0 Å². The van der Waals surface area contributed by atoms with Crippen molar-refractivity contribution in [2.24, 2.45) is 5.73 Å². The Bertz CT molecular complexity index is 485. The molecule has 1 heterocycles. The normalized spacial score (nSPS) is 23.9. The van der Waals surface area contributed by atoms with E-state index in [0.717, 1.165) is 37.8 Å². The van der Waals surface area contributed by atoms with Crippen molar-refractivity contribution in [3.8, 4) is 0 Å². The highest BCUT2D eigenvalue weighted by Crippen LogP contribution is 2.50. The lowest BCUT2D eigenvalue weighted by Gasteiger charge is -2.33. The number of hydrogen-bond donors (Lipinski definition) is 1. The number of likely N-dealkylation sites (tertiary alicyclic amines) is 1. The number of piperidine rings is 1. The second-order valence-electron chi connectivity index (χ2n) is 5.74. The molecule has 0 spiro atoms. The molecule has 1 atom stereocenters. The van der Waals surface area contributed by atoms with Gasteiger partial charge in [-0.1, -0.05) is 23.7 Å². The maximum atomic E-state index is 12.8. The van der Waals surface area contributed by atoms with E-state index in [1.807, 2.05) is 29.2 Å². The van der Waals surface area contributed by atoms with E-state index >= 15 is 0 Å². The maximum absolute atomic E-state index is 12.8. The zero-order valence-electron chi connectivity index (χ0n) is 11.3. The molecule has 0 aromatic heterocycles. The Morgan fingerprint density at radius 3 is 2.50 bits per heavy atom. The fourth-order valence-electron chi connectivity index (χ4n) is 3.02.